The number of fused-ring (bicyclic) bond motifs is 1. The van der Waals surface area contributed by atoms with Crippen molar-refractivity contribution in [2.45, 2.75) is 29.8 Å². The molecule has 7 heteroatoms. The van der Waals surface area contributed by atoms with Crippen LogP contribution in [-0.4, -0.2) is 41.2 Å². The summed E-state index contributed by atoms with van der Waals surface area (Å²) in [5.41, 5.74) is 0.784. The molecule has 0 aliphatic heterocycles. The van der Waals surface area contributed by atoms with Gasteiger partial charge in [0.25, 0.3) is 0 Å². The highest BCUT2D eigenvalue weighted by Crippen LogP contribution is 2.43. The van der Waals surface area contributed by atoms with Crippen LogP contribution in [0.15, 0.2) is 113 Å². The summed E-state index contributed by atoms with van der Waals surface area (Å²) in [7, 11) is 1.33. The van der Waals surface area contributed by atoms with Gasteiger partial charge in [-0.2, -0.15) is 0 Å². The fourth-order valence-electron chi connectivity index (χ4n) is 4.64. The zero-order valence-electron chi connectivity index (χ0n) is 22.1. The number of rotatable bonds is 10. The number of unbranched alkanes of at least 4 members (excludes halogenated alkanes) is 1. The Balaban J connectivity index is 1.39. The first kappa shape index (κ1) is 27.4. The van der Waals surface area contributed by atoms with Crippen LogP contribution in [0.5, 0.6) is 5.75 Å². The lowest BCUT2D eigenvalue weighted by Crippen LogP contribution is -2.28. The van der Waals surface area contributed by atoms with Gasteiger partial charge in [0.05, 0.1) is 29.7 Å². The molecule has 6 nitrogen and oxygen atoms in total. The van der Waals surface area contributed by atoms with Crippen LogP contribution >= 0.6 is 11.8 Å². The number of nitrogens with zero attached hydrogens (tertiary/aromatic N) is 1. The van der Waals surface area contributed by atoms with E-state index in [1.807, 2.05) is 60.7 Å². The first-order chi connectivity index (χ1) is 19.5. The zero-order valence-corrected chi connectivity index (χ0v) is 22.9. The maximum atomic E-state index is 13.7. The smallest absolute Gasteiger partial charge is 0.337 e. The van der Waals surface area contributed by atoms with Crippen LogP contribution in [-0.2, 0) is 9.53 Å². The van der Waals surface area contributed by atoms with Gasteiger partial charge in [-0.25, -0.2) is 4.79 Å². The molecule has 0 spiro atoms. The SMILES string of the molecule is COC(=O)c1ccc(/C=C2/C(=O)C(Sc3cccc4cccnc34)=CC2(O)CCCCOc2ccccc2)cc1. The second-order valence-electron chi connectivity index (χ2n) is 9.49. The Morgan fingerprint density at radius 1 is 0.975 bits per heavy atom. The molecule has 1 heterocycles. The highest BCUT2D eigenvalue weighted by Gasteiger charge is 2.41. The summed E-state index contributed by atoms with van der Waals surface area (Å²) in [4.78, 5) is 31.4. The monoisotopic (exact) mass is 551 g/mol. The molecule has 1 N–H and O–H groups in total. The first-order valence-electron chi connectivity index (χ1n) is 13.1. The third-order valence-corrected chi connectivity index (χ3v) is 7.80. The Morgan fingerprint density at radius 3 is 2.52 bits per heavy atom. The van der Waals surface area contributed by atoms with E-state index < -0.39 is 11.6 Å². The molecule has 0 radical (unpaired) electrons. The van der Waals surface area contributed by atoms with Crippen LogP contribution in [0.25, 0.3) is 17.0 Å². The van der Waals surface area contributed by atoms with Crippen LogP contribution in [0.2, 0.25) is 0 Å². The number of aromatic nitrogens is 1. The van der Waals surface area contributed by atoms with Crippen molar-refractivity contribution in [1.29, 1.82) is 0 Å². The summed E-state index contributed by atoms with van der Waals surface area (Å²) in [6.45, 7) is 0.509. The van der Waals surface area contributed by atoms with Crippen LogP contribution in [0.1, 0.15) is 35.2 Å². The van der Waals surface area contributed by atoms with Crippen molar-refractivity contribution in [3.05, 3.63) is 119 Å². The van der Waals surface area contributed by atoms with E-state index in [-0.39, 0.29) is 5.78 Å². The standard InChI is InChI=1S/C33H29NO5S/c1-38-32(36)25-16-14-23(15-17-25)21-27-31(35)29(40-28-13-7-9-24-10-8-19-34-30(24)28)22-33(27,37)18-5-6-20-39-26-11-3-2-4-12-26/h2-4,7-17,19,21-22,37H,5-6,18,20H2,1H3/b27-21-. The summed E-state index contributed by atoms with van der Waals surface area (Å²) in [5, 5.41) is 12.8. The van der Waals surface area contributed by atoms with Gasteiger partial charge in [-0.15, -0.1) is 0 Å². The molecule has 0 saturated carbocycles. The van der Waals surface area contributed by atoms with Crippen LogP contribution in [0, 0.1) is 0 Å². The summed E-state index contributed by atoms with van der Waals surface area (Å²) in [5.74, 6) is 0.142. The van der Waals surface area contributed by atoms with Gasteiger partial charge in [0, 0.05) is 22.1 Å². The normalized spacial score (nSPS) is 17.7. The van der Waals surface area contributed by atoms with Gasteiger partial charge in [-0.1, -0.05) is 60.3 Å². The van der Waals surface area contributed by atoms with E-state index in [9.17, 15) is 14.7 Å². The van der Waals surface area contributed by atoms with Crippen molar-refractivity contribution in [1.82, 2.24) is 4.98 Å². The fourth-order valence-corrected chi connectivity index (χ4v) is 5.75. The number of carbonyl (C=O) groups is 2. The number of hydrogen-bond donors (Lipinski definition) is 1. The van der Waals surface area contributed by atoms with Crippen molar-refractivity contribution >= 4 is 40.5 Å². The molecule has 1 aliphatic carbocycles. The number of ether oxygens (including phenoxy) is 2. The van der Waals surface area contributed by atoms with Gasteiger partial charge in [0.2, 0.25) is 0 Å². The van der Waals surface area contributed by atoms with Crippen molar-refractivity contribution in [3.63, 3.8) is 0 Å². The molecule has 0 amide bonds. The number of hydrogen-bond acceptors (Lipinski definition) is 7. The van der Waals surface area contributed by atoms with Crippen molar-refractivity contribution in [2.24, 2.45) is 0 Å². The maximum Gasteiger partial charge on any atom is 0.337 e. The minimum atomic E-state index is -1.44. The van der Waals surface area contributed by atoms with Crippen molar-refractivity contribution in [3.8, 4) is 5.75 Å². The lowest BCUT2D eigenvalue weighted by Gasteiger charge is -2.22. The van der Waals surface area contributed by atoms with E-state index in [1.165, 1.54) is 18.9 Å². The predicted molar refractivity (Wildman–Crippen MR) is 157 cm³/mol. The van der Waals surface area contributed by atoms with E-state index in [4.69, 9.17) is 9.47 Å². The lowest BCUT2D eigenvalue weighted by molar-refractivity contribution is -0.112. The van der Waals surface area contributed by atoms with E-state index in [1.54, 1.807) is 42.6 Å². The maximum absolute atomic E-state index is 13.7. The molecule has 4 aromatic rings. The Labute approximate surface area is 237 Å². The van der Waals surface area contributed by atoms with Gasteiger partial charge in [-0.05, 0) is 73.4 Å². The number of methoxy groups -OCH3 is 1. The molecule has 1 aliphatic rings. The zero-order chi connectivity index (χ0) is 28.0. The molecule has 1 aromatic heterocycles. The molecule has 5 rings (SSSR count). The van der Waals surface area contributed by atoms with Crippen LogP contribution in [0.4, 0.5) is 0 Å². The third-order valence-electron chi connectivity index (χ3n) is 6.73. The van der Waals surface area contributed by atoms with Gasteiger partial charge in [-0.3, -0.25) is 9.78 Å². The molecule has 0 bridgehead atoms. The molecular weight excluding hydrogens is 522 g/mol. The van der Waals surface area contributed by atoms with Gasteiger partial charge < -0.3 is 14.6 Å². The number of para-hydroxylation sites is 2. The van der Waals surface area contributed by atoms with Crippen molar-refractivity contribution < 1.29 is 24.2 Å². The molecule has 3 aromatic carbocycles. The molecule has 0 saturated heterocycles. The average molecular weight is 552 g/mol. The summed E-state index contributed by atoms with van der Waals surface area (Å²) < 4.78 is 10.6. The molecule has 202 valence electrons. The van der Waals surface area contributed by atoms with Gasteiger partial charge >= 0.3 is 5.97 Å². The summed E-state index contributed by atoms with van der Waals surface area (Å²) >= 11 is 1.32. The molecule has 1 unspecified atom stereocenters. The number of aliphatic hydroxyl groups is 1. The highest BCUT2D eigenvalue weighted by atomic mass is 32.2. The Morgan fingerprint density at radius 2 is 1.75 bits per heavy atom. The Kier molecular flexibility index (Phi) is 8.43. The number of carbonyl (C=O) groups excluding carboxylic acids is 2. The van der Waals surface area contributed by atoms with E-state index in [0.29, 0.717) is 41.1 Å². The Bertz CT molecular complexity index is 1570. The first-order valence-corrected chi connectivity index (χ1v) is 13.9. The number of benzene rings is 3. The van der Waals surface area contributed by atoms with E-state index in [0.717, 1.165) is 28.0 Å². The van der Waals surface area contributed by atoms with Crippen LogP contribution < -0.4 is 4.74 Å². The number of allylic oxidation sites excluding steroid dienone is 1. The van der Waals surface area contributed by atoms with E-state index in [2.05, 4.69) is 4.98 Å². The number of pyridine rings is 1. The second-order valence-corrected chi connectivity index (χ2v) is 10.6. The minimum Gasteiger partial charge on any atom is -0.494 e. The average Bonchev–Trinajstić information content (AvgIpc) is 3.22. The fraction of sp³-hybridized carbons (Fsp3) is 0.182. The van der Waals surface area contributed by atoms with Gasteiger partial charge in [0.15, 0.2) is 5.78 Å². The molecule has 40 heavy (non-hydrogen) atoms. The number of thioether (sulfide) groups is 1. The number of ketones is 1. The summed E-state index contributed by atoms with van der Waals surface area (Å²) in [6.07, 6.45) is 6.84. The number of Topliss-reactive ketones (excluding diaryl/α,β-unsaturated/α-hetero) is 1. The minimum absolute atomic E-state index is 0.224. The lowest BCUT2D eigenvalue weighted by atomic mass is 9.89. The third kappa shape index (κ3) is 6.17. The molecule has 0 fully saturated rings. The van der Waals surface area contributed by atoms with E-state index >= 15 is 0 Å². The van der Waals surface area contributed by atoms with Gasteiger partial charge in [0.1, 0.15) is 11.4 Å². The molecule has 1 atom stereocenters. The van der Waals surface area contributed by atoms with Crippen LogP contribution in [0.3, 0.4) is 0 Å². The predicted octanol–water partition coefficient (Wildman–Crippen LogP) is 6.64. The quantitative estimate of drug-likeness (QED) is 0.134. The highest BCUT2D eigenvalue weighted by molar-refractivity contribution is 8.04. The number of esters is 1. The molecular formula is C33H29NO5S. The Hall–Kier alpha value is -4.20. The van der Waals surface area contributed by atoms with Crippen molar-refractivity contribution in [2.75, 3.05) is 13.7 Å². The summed E-state index contributed by atoms with van der Waals surface area (Å²) in [6, 6.07) is 26.1. The largest absolute Gasteiger partial charge is 0.494 e. The second kappa shape index (κ2) is 12.3. The topological polar surface area (TPSA) is 85.7 Å².